The molecule has 0 unspecified atom stereocenters. The standard InChI is InChI=1S/C6H7N3O2/c1-11-6(10)9-5-4-7-2-3-8-5/h2-4H,1H3,(H,8,9,10). The summed E-state index contributed by atoms with van der Waals surface area (Å²) in [5, 5.41) is 2.36. The van der Waals surface area contributed by atoms with Gasteiger partial charge in [0.1, 0.15) is 0 Å². The zero-order valence-electron chi connectivity index (χ0n) is 5.94. The van der Waals surface area contributed by atoms with Crippen LogP contribution in [0.3, 0.4) is 0 Å². The summed E-state index contributed by atoms with van der Waals surface area (Å²) in [6, 6.07) is 0. The quantitative estimate of drug-likeness (QED) is 0.643. The lowest BCUT2D eigenvalue weighted by Crippen LogP contribution is -2.11. The highest BCUT2D eigenvalue weighted by Crippen LogP contribution is 1.96. The van der Waals surface area contributed by atoms with Crippen LogP contribution in [0.4, 0.5) is 10.6 Å². The third-order valence-corrected chi connectivity index (χ3v) is 0.979. The Morgan fingerprint density at radius 3 is 3.00 bits per heavy atom. The molecule has 0 aliphatic carbocycles. The van der Waals surface area contributed by atoms with Crippen molar-refractivity contribution in [3.05, 3.63) is 18.6 Å². The van der Waals surface area contributed by atoms with Crippen molar-refractivity contribution in [3.8, 4) is 0 Å². The zero-order chi connectivity index (χ0) is 8.10. The van der Waals surface area contributed by atoms with Crippen LogP contribution in [0.5, 0.6) is 0 Å². The largest absolute Gasteiger partial charge is 0.453 e. The Labute approximate surface area is 63.4 Å². The summed E-state index contributed by atoms with van der Waals surface area (Å²) in [5.74, 6) is 0.374. The summed E-state index contributed by atoms with van der Waals surface area (Å²) in [4.78, 5) is 18.1. The Balaban J connectivity index is 2.58. The Morgan fingerprint density at radius 2 is 2.45 bits per heavy atom. The van der Waals surface area contributed by atoms with Gasteiger partial charge in [0.05, 0.1) is 13.3 Å². The number of nitrogens with one attached hydrogen (secondary N) is 1. The molecule has 1 amide bonds. The number of ether oxygens (including phenoxy) is 1. The number of carbonyl (C=O) groups excluding carboxylic acids is 1. The summed E-state index contributed by atoms with van der Waals surface area (Å²) in [6.45, 7) is 0. The van der Waals surface area contributed by atoms with Gasteiger partial charge in [-0.3, -0.25) is 10.3 Å². The highest BCUT2D eigenvalue weighted by Gasteiger charge is 1.98. The van der Waals surface area contributed by atoms with Gasteiger partial charge >= 0.3 is 6.09 Å². The van der Waals surface area contributed by atoms with Crippen LogP contribution >= 0.6 is 0 Å². The van der Waals surface area contributed by atoms with Crippen LogP contribution in [0.1, 0.15) is 0 Å². The summed E-state index contributed by atoms with van der Waals surface area (Å²) in [5.41, 5.74) is 0. The van der Waals surface area contributed by atoms with Crippen molar-refractivity contribution in [3.63, 3.8) is 0 Å². The minimum Gasteiger partial charge on any atom is -0.453 e. The van der Waals surface area contributed by atoms with E-state index in [1.54, 1.807) is 0 Å². The van der Waals surface area contributed by atoms with Gasteiger partial charge in [0.25, 0.3) is 0 Å². The third-order valence-electron chi connectivity index (χ3n) is 0.979. The highest BCUT2D eigenvalue weighted by atomic mass is 16.5. The monoisotopic (exact) mass is 153 g/mol. The predicted molar refractivity (Wildman–Crippen MR) is 38.1 cm³/mol. The summed E-state index contributed by atoms with van der Waals surface area (Å²) in [6.07, 6.45) is 3.87. The Kier molecular flexibility index (Phi) is 2.37. The minimum atomic E-state index is -0.550. The van der Waals surface area contributed by atoms with E-state index in [-0.39, 0.29) is 0 Å². The van der Waals surface area contributed by atoms with Crippen molar-refractivity contribution in [1.29, 1.82) is 0 Å². The first-order valence-corrected chi connectivity index (χ1v) is 2.94. The first-order valence-electron chi connectivity index (χ1n) is 2.94. The van der Waals surface area contributed by atoms with Gasteiger partial charge in [0.15, 0.2) is 5.82 Å². The Morgan fingerprint density at radius 1 is 1.64 bits per heavy atom. The molecule has 0 spiro atoms. The number of amides is 1. The molecule has 58 valence electrons. The number of nitrogens with zero attached hydrogens (tertiary/aromatic N) is 2. The van der Waals surface area contributed by atoms with Crippen LogP contribution in [0, 0.1) is 0 Å². The lowest BCUT2D eigenvalue weighted by atomic mass is 10.7. The SMILES string of the molecule is COC(=O)Nc1cnccn1. The minimum absolute atomic E-state index is 0.374. The number of anilines is 1. The van der Waals surface area contributed by atoms with Crippen molar-refractivity contribution < 1.29 is 9.53 Å². The number of methoxy groups -OCH3 is 1. The first kappa shape index (κ1) is 7.46. The van der Waals surface area contributed by atoms with Gasteiger partial charge in [-0.25, -0.2) is 9.78 Å². The van der Waals surface area contributed by atoms with Crippen LogP contribution in [-0.2, 0) is 4.74 Å². The van der Waals surface area contributed by atoms with Gasteiger partial charge < -0.3 is 4.74 Å². The molecule has 1 heterocycles. The van der Waals surface area contributed by atoms with Gasteiger partial charge in [-0.1, -0.05) is 0 Å². The molecule has 11 heavy (non-hydrogen) atoms. The molecule has 5 heteroatoms. The van der Waals surface area contributed by atoms with E-state index < -0.39 is 6.09 Å². The summed E-state index contributed by atoms with van der Waals surface area (Å²) in [7, 11) is 1.28. The lowest BCUT2D eigenvalue weighted by molar-refractivity contribution is 0.187. The highest BCUT2D eigenvalue weighted by molar-refractivity contribution is 5.82. The van der Waals surface area contributed by atoms with Gasteiger partial charge in [-0.2, -0.15) is 0 Å². The Bertz CT molecular complexity index is 237. The zero-order valence-corrected chi connectivity index (χ0v) is 5.94. The van der Waals surface area contributed by atoms with E-state index in [4.69, 9.17) is 0 Å². The van der Waals surface area contributed by atoms with E-state index in [0.29, 0.717) is 5.82 Å². The van der Waals surface area contributed by atoms with Crippen molar-refractivity contribution in [2.75, 3.05) is 12.4 Å². The maximum absolute atomic E-state index is 10.6. The fraction of sp³-hybridized carbons (Fsp3) is 0.167. The van der Waals surface area contributed by atoms with Gasteiger partial charge in [0.2, 0.25) is 0 Å². The van der Waals surface area contributed by atoms with E-state index in [1.165, 1.54) is 25.7 Å². The second-order valence-corrected chi connectivity index (χ2v) is 1.71. The maximum Gasteiger partial charge on any atom is 0.412 e. The Hall–Kier alpha value is -1.65. The van der Waals surface area contributed by atoms with Crippen molar-refractivity contribution in [2.45, 2.75) is 0 Å². The van der Waals surface area contributed by atoms with E-state index in [0.717, 1.165) is 0 Å². The molecule has 0 aliphatic rings. The molecule has 0 fully saturated rings. The normalized spacial score (nSPS) is 8.82. The molecule has 0 saturated carbocycles. The molecule has 0 saturated heterocycles. The lowest BCUT2D eigenvalue weighted by Gasteiger charge is -1.99. The maximum atomic E-state index is 10.6. The fourth-order valence-electron chi connectivity index (χ4n) is 0.519. The molecule has 0 bridgehead atoms. The number of carbonyl (C=O) groups is 1. The predicted octanol–water partition coefficient (Wildman–Crippen LogP) is 0.655. The second kappa shape index (κ2) is 3.50. The fourth-order valence-corrected chi connectivity index (χ4v) is 0.519. The number of aromatic nitrogens is 2. The third kappa shape index (κ3) is 2.21. The average Bonchev–Trinajstić information content (AvgIpc) is 2.06. The van der Waals surface area contributed by atoms with Crippen molar-refractivity contribution >= 4 is 11.9 Å². The van der Waals surface area contributed by atoms with Gasteiger partial charge in [0, 0.05) is 12.4 Å². The molecule has 1 N–H and O–H groups in total. The molecule has 5 nitrogen and oxygen atoms in total. The summed E-state index contributed by atoms with van der Waals surface area (Å²) >= 11 is 0. The summed E-state index contributed by atoms with van der Waals surface area (Å²) < 4.78 is 4.34. The molecule has 1 aromatic rings. The van der Waals surface area contributed by atoms with Gasteiger partial charge in [-0.15, -0.1) is 0 Å². The van der Waals surface area contributed by atoms with E-state index in [9.17, 15) is 4.79 Å². The van der Waals surface area contributed by atoms with Crippen LogP contribution in [0.2, 0.25) is 0 Å². The average molecular weight is 153 g/mol. The van der Waals surface area contributed by atoms with E-state index >= 15 is 0 Å². The molecule has 1 aromatic heterocycles. The molecular formula is C6H7N3O2. The van der Waals surface area contributed by atoms with E-state index in [2.05, 4.69) is 20.0 Å². The van der Waals surface area contributed by atoms with Crippen LogP contribution < -0.4 is 5.32 Å². The number of rotatable bonds is 1. The molecule has 0 atom stereocenters. The van der Waals surface area contributed by atoms with Crippen molar-refractivity contribution in [1.82, 2.24) is 9.97 Å². The van der Waals surface area contributed by atoms with Crippen molar-refractivity contribution in [2.24, 2.45) is 0 Å². The topological polar surface area (TPSA) is 64.1 Å². The van der Waals surface area contributed by atoms with Gasteiger partial charge in [-0.05, 0) is 0 Å². The van der Waals surface area contributed by atoms with Crippen LogP contribution in [-0.4, -0.2) is 23.2 Å². The van der Waals surface area contributed by atoms with Crippen LogP contribution in [0.25, 0.3) is 0 Å². The molecule has 0 radical (unpaired) electrons. The number of hydrogen-bond acceptors (Lipinski definition) is 4. The van der Waals surface area contributed by atoms with E-state index in [1.807, 2.05) is 0 Å². The molecule has 0 aromatic carbocycles. The number of hydrogen-bond donors (Lipinski definition) is 1. The molecule has 0 aliphatic heterocycles. The molecular weight excluding hydrogens is 146 g/mol. The first-order chi connectivity index (χ1) is 5.33. The smallest absolute Gasteiger partial charge is 0.412 e. The van der Waals surface area contributed by atoms with Crippen LogP contribution in [0.15, 0.2) is 18.6 Å². The second-order valence-electron chi connectivity index (χ2n) is 1.71. The molecule has 1 rings (SSSR count).